The molecule has 0 aromatic heterocycles. The van der Waals surface area contributed by atoms with Crippen LogP contribution in [0.5, 0.6) is 5.75 Å². The smallest absolute Gasteiger partial charge is 0.269 e. The van der Waals surface area contributed by atoms with Crippen LogP contribution in [0.2, 0.25) is 5.02 Å². The molecule has 0 radical (unpaired) electrons. The average molecular weight is 293 g/mol. The quantitative estimate of drug-likeness (QED) is 0.671. The van der Waals surface area contributed by atoms with Gasteiger partial charge in [-0.3, -0.25) is 14.9 Å². The topological polar surface area (TPSA) is 92.5 Å². The van der Waals surface area contributed by atoms with Gasteiger partial charge in [0, 0.05) is 22.8 Å². The lowest BCUT2D eigenvalue weighted by atomic mass is 10.2. The molecular weight excluding hydrogens is 284 g/mol. The number of anilines is 1. The van der Waals surface area contributed by atoms with E-state index in [2.05, 4.69) is 5.32 Å². The molecule has 0 atom stereocenters. The number of carbonyl (C=O) groups is 1. The van der Waals surface area contributed by atoms with Crippen molar-refractivity contribution < 1.29 is 14.8 Å². The highest BCUT2D eigenvalue weighted by Gasteiger charge is 2.12. The van der Waals surface area contributed by atoms with E-state index in [9.17, 15) is 20.0 Å². The zero-order chi connectivity index (χ0) is 14.7. The average Bonchev–Trinajstić information content (AvgIpc) is 2.42. The fraction of sp³-hybridized carbons (Fsp3) is 0. The molecule has 0 saturated carbocycles. The van der Waals surface area contributed by atoms with Crippen LogP contribution in [-0.2, 0) is 0 Å². The summed E-state index contributed by atoms with van der Waals surface area (Å²) >= 11 is 5.75. The summed E-state index contributed by atoms with van der Waals surface area (Å²) in [6.07, 6.45) is 0. The Hall–Kier alpha value is -2.60. The Morgan fingerprint density at radius 3 is 2.45 bits per heavy atom. The second kappa shape index (κ2) is 5.58. The van der Waals surface area contributed by atoms with Crippen LogP contribution in [0.25, 0.3) is 0 Å². The van der Waals surface area contributed by atoms with Gasteiger partial charge in [0.2, 0.25) is 0 Å². The number of amides is 1. The van der Waals surface area contributed by atoms with Crippen molar-refractivity contribution in [2.24, 2.45) is 0 Å². The van der Waals surface area contributed by atoms with Crippen molar-refractivity contribution >= 4 is 28.9 Å². The molecule has 0 fully saturated rings. The van der Waals surface area contributed by atoms with Gasteiger partial charge in [0.25, 0.3) is 11.6 Å². The van der Waals surface area contributed by atoms with Crippen LogP contribution in [-0.4, -0.2) is 15.9 Å². The third kappa shape index (κ3) is 3.04. The molecule has 0 bridgehead atoms. The Morgan fingerprint density at radius 2 is 1.85 bits per heavy atom. The van der Waals surface area contributed by atoms with E-state index in [0.29, 0.717) is 10.7 Å². The number of aromatic hydroxyl groups is 1. The third-order valence-corrected chi connectivity index (χ3v) is 2.77. The number of nitro groups is 1. The Balaban J connectivity index is 2.19. The first-order valence-corrected chi connectivity index (χ1v) is 5.89. The molecule has 1 amide bonds. The fourth-order valence-electron chi connectivity index (χ4n) is 1.56. The van der Waals surface area contributed by atoms with Gasteiger partial charge in [-0.15, -0.1) is 0 Å². The van der Waals surface area contributed by atoms with Gasteiger partial charge < -0.3 is 10.4 Å². The first-order chi connectivity index (χ1) is 9.47. The number of nitrogens with one attached hydrogen (secondary N) is 1. The number of hydrogen-bond donors (Lipinski definition) is 2. The predicted octanol–water partition coefficient (Wildman–Crippen LogP) is 3.21. The van der Waals surface area contributed by atoms with E-state index in [-0.39, 0.29) is 17.0 Å². The van der Waals surface area contributed by atoms with E-state index in [1.165, 1.54) is 42.5 Å². The second-order valence-electron chi connectivity index (χ2n) is 3.92. The summed E-state index contributed by atoms with van der Waals surface area (Å²) in [5.74, 6) is -0.757. The molecule has 0 heterocycles. The maximum absolute atomic E-state index is 11.9. The molecule has 0 spiro atoms. The summed E-state index contributed by atoms with van der Waals surface area (Å²) < 4.78 is 0. The molecular formula is C13H9ClN2O4. The normalized spacial score (nSPS) is 10.1. The number of benzene rings is 2. The Labute approximate surface area is 118 Å². The van der Waals surface area contributed by atoms with E-state index in [1.807, 2.05) is 0 Å². The maximum Gasteiger partial charge on any atom is 0.269 e. The summed E-state index contributed by atoms with van der Waals surface area (Å²) in [5.41, 5.74) is 0.324. The van der Waals surface area contributed by atoms with Gasteiger partial charge >= 0.3 is 0 Å². The predicted molar refractivity (Wildman–Crippen MR) is 74.2 cm³/mol. The lowest BCUT2D eigenvalue weighted by molar-refractivity contribution is -0.384. The number of hydrogen-bond acceptors (Lipinski definition) is 4. The highest BCUT2D eigenvalue weighted by atomic mass is 35.5. The van der Waals surface area contributed by atoms with Gasteiger partial charge in [0.15, 0.2) is 0 Å². The molecule has 2 aromatic rings. The lowest BCUT2D eigenvalue weighted by Gasteiger charge is -2.07. The molecule has 2 N–H and O–H groups in total. The van der Waals surface area contributed by atoms with Crippen molar-refractivity contribution in [2.75, 3.05) is 5.32 Å². The number of non-ortho nitro benzene ring substituents is 1. The van der Waals surface area contributed by atoms with Crippen LogP contribution < -0.4 is 5.32 Å². The van der Waals surface area contributed by atoms with E-state index in [1.54, 1.807) is 0 Å². The number of phenols is 1. The fourth-order valence-corrected chi connectivity index (χ4v) is 1.73. The molecule has 0 aliphatic heterocycles. The number of rotatable bonds is 3. The molecule has 20 heavy (non-hydrogen) atoms. The minimum absolute atomic E-state index is 0.0239. The molecule has 2 rings (SSSR count). The van der Waals surface area contributed by atoms with Crippen molar-refractivity contribution in [3.8, 4) is 5.75 Å². The standard InChI is InChI=1S/C13H9ClN2O4/c14-8-1-6-12(17)11(7-8)13(18)15-9-2-4-10(5-3-9)16(19)20/h1-7,17H,(H,15,18). The number of carbonyl (C=O) groups excluding carboxylic acids is 1. The lowest BCUT2D eigenvalue weighted by Crippen LogP contribution is -2.12. The molecule has 0 unspecified atom stereocenters. The highest BCUT2D eigenvalue weighted by molar-refractivity contribution is 6.31. The van der Waals surface area contributed by atoms with Crippen molar-refractivity contribution in [1.29, 1.82) is 0 Å². The van der Waals surface area contributed by atoms with Crippen molar-refractivity contribution in [2.45, 2.75) is 0 Å². The van der Waals surface area contributed by atoms with Crippen LogP contribution in [0, 0.1) is 10.1 Å². The minimum atomic E-state index is -0.557. The minimum Gasteiger partial charge on any atom is -0.507 e. The van der Waals surface area contributed by atoms with Gasteiger partial charge in [0.05, 0.1) is 10.5 Å². The number of halogens is 1. The molecule has 0 saturated heterocycles. The third-order valence-electron chi connectivity index (χ3n) is 2.54. The van der Waals surface area contributed by atoms with E-state index in [4.69, 9.17) is 11.6 Å². The SMILES string of the molecule is O=C(Nc1ccc([N+](=O)[O-])cc1)c1cc(Cl)ccc1O. The summed E-state index contributed by atoms with van der Waals surface area (Å²) in [5, 5.41) is 22.9. The Bertz CT molecular complexity index is 671. The van der Waals surface area contributed by atoms with Gasteiger partial charge in [-0.05, 0) is 30.3 Å². The maximum atomic E-state index is 11.9. The van der Waals surface area contributed by atoms with Crippen LogP contribution in [0.1, 0.15) is 10.4 Å². The Kier molecular flexibility index (Phi) is 3.86. The number of nitro benzene ring substituents is 1. The van der Waals surface area contributed by atoms with E-state index < -0.39 is 10.8 Å². The summed E-state index contributed by atoms with van der Waals surface area (Å²) in [4.78, 5) is 21.9. The molecule has 0 aliphatic carbocycles. The van der Waals surface area contributed by atoms with Crippen molar-refractivity contribution in [3.05, 3.63) is 63.2 Å². The first kappa shape index (κ1) is 13.8. The largest absolute Gasteiger partial charge is 0.507 e. The van der Waals surface area contributed by atoms with Gasteiger partial charge in [0.1, 0.15) is 5.75 Å². The number of nitrogens with zero attached hydrogens (tertiary/aromatic N) is 1. The van der Waals surface area contributed by atoms with Gasteiger partial charge in [-0.25, -0.2) is 0 Å². The van der Waals surface area contributed by atoms with Crippen molar-refractivity contribution in [3.63, 3.8) is 0 Å². The summed E-state index contributed by atoms with van der Waals surface area (Å²) in [6, 6.07) is 9.44. The van der Waals surface area contributed by atoms with Crippen LogP contribution in [0.4, 0.5) is 11.4 Å². The first-order valence-electron chi connectivity index (χ1n) is 5.51. The highest BCUT2D eigenvalue weighted by Crippen LogP contribution is 2.23. The summed E-state index contributed by atoms with van der Waals surface area (Å²) in [6.45, 7) is 0. The van der Waals surface area contributed by atoms with Crippen molar-refractivity contribution in [1.82, 2.24) is 0 Å². The zero-order valence-corrected chi connectivity index (χ0v) is 10.8. The summed E-state index contributed by atoms with van der Waals surface area (Å²) in [7, 11) is 0. The second-order valence-corrected chi connectivity index (χ2v) is 4.36. The van der Waals surface area contributed by atoms with E-state index >= 15 is 0 Å². The van der Waals surface area contributed by atoms with Crippen LogP contribution >= 0.6 is 11.6 Å². The molecule has 6 nitrogen and oxygen atoms in total. The molecule has 7 heteroatoms. The molecule has 0 aliphatic rings. The zero-order valence-electron chi connectivity index (χ0n) is 10.0. The number of phenolic OH excluding ortho intramolecular Hbond substituents is 1. The Morgan fingerprint density at radius 1 is 1.20 bits per heavy atom. The monoisotopic (exact) mass is 292 g/mol. The van der Waals surface area contributed by atoms with Crippen LogP contribution in [0.15, 0.2) is 42.5 Å². The molecule has 2 aromatic carbocycles. The van der Waals surface area contributed by atoms with Gasteiger partial charge in [-0.1, -0.05) is 11.6 Å². The van der Waals surface area contributed by atoms with E-state index in [0.717, 1.165) is 0 Å². The molecule has 102 valence electrons. The van der Waals surface area contributed by atoms with Crippen LogP contribution in [0.3, 0.4) is 0 Å². The van der Waals surface area contributed by atoms with Gasteiger partial charge in [-0.2, -0.15) is 0 Å².